The molecule has 3 aromatic rings. The van der Waals surface area contributed by atoms with E-state index in [1.54, 1.807) is 16.7 Å². The Bertz CT molecular complexity index is 1200. The molecule has 8 heteroatoms. The van der Waals surface area contributed by atoms with Crippen LogP contribution in [0.25, 0.3) is 11.0 Å². The van der Waals surface area contributed by atoms with Gasteiger partial charge in [0, 0.05) is 57.9 Å². The van der Waals surface area contributed by atoms with Gasteiger partial charge in [0.1, 0.15) is 5.82 Å². The molecule has 2 aliphatic rings. The number of piperazine rings is 1. The van der Waals surface area contributed by atoms with Crippen molar-refractivity contribution in [3.8, 4) is 0 Å². The smallest absolute Gasteiger partial charge is 0.294 e. The molecule has 7 nitrogen and oxygen atoms in total. The molecular formula is C25H28FN5O2. The lowest BCUT2D eigenvalue weighted by Crippen LogP contribution is -2.49. The highest BCUT2D eigenvalue weighted by Gasteiger charge is 2.23. The molecule has 0 N–H and O–H groups in total. The monoisotopic (exact) mass is 449 g/mol. The summed E-state index contributed by atoms with van der Waals surface area (Å²) in [6, 6.07) is 14.1. The summed E-state index contributed by atoms with van der Waals surface area (Å²) in [4.78, 5) is 37.0. The Hall–Kier alpha value is -3.42. The van der Waals surface area contributed by atoms with E-state index < -0.39 is 0 Å². The van der Waals surface area contributed by atoms with Crippen molar-refractivity contribution in [2.75, 3.05) is 49.1 Å². The lowest BCUT2D eigenvalue weighted by molar-refractivity contribution is -0.131. The van der Waals surface area contributed by atoms with Gasteiger partial charge in [-0.2, -0.15) is 0 Å². The van der Waals surface area contributed by atoms with Crippen molar-refractivity contribution < 1.29 is 9.18 Å². The van der Waals surface area contributed by atoms with Crippen LogP contribution in [-0.4, -0.2) is 59.6 Å². The van der Waals surface area contributed by atoms with Gasteiger partial charge in [0.2, 0.25) is 5.91 Å². The van der Waals surface area contributed by atoms with E-state index in [0.717, 1.165) is 42.7 Å². The highest BCUT2D eigenvalue weighted by Crippen LogP contribution is 2.20. The van der Waals surface area contributed by atoms with Gasteiger partial charge in [0.25, 0.3) is 5.56 Å². The molecule has 2 aliphatic heterocycles. The SMILES string of the molecule is O=C(CCn1c(=O)c(N2CCCC2)nc2ccccc21)N1CCN(c2ccc(F)cc2)CC1. The zero-order valence-electron chi connectivity index (χ0n) is 18.6. The number of carbonyl (C=O) groups is 1. The number of hydrogen-bond acceptors (Lipinski definition) is 5. The van der Waals surface area contributed by atoms with E-state index in [2.05, 4.69) is 14.8 Å². The zero-order valence-corrected chi connectivity index (χ0v) is 18.6. The topological polar surface area (TPSA) is 61.7 Å². The van der Waals surface area contributed by atoms with Gasteiger partial charge in [-0.3, -0.25) is 9.59 Å². The third-order valence-corrected chi connectivity index (χ3v) is 6.61. The average molecular weight is 450 g/mol. The summed E-state index contributed by atoms with van der Waals surface area (Å²) in [6.07, 6.45) is 2.40. The Morgan fingerprint density at radius 2 is 1.58 bits per heavy atom. The summed E-state index contributed by atoms with van der Waals surface area (Å²) >= 11 is 0. The summed E-state index contributed by atoms with van der Waals surface area (Å²) < 4.78 is 14.9. The van der Waals surface area contributed by atoms with Gasteiger partial charge in [-0.25, -0.2) is 9.37 Å². The minimum Gasteiger partial charge on any atom is -0.368 e. The maximum Gasteiger partial charge on any atom is 0.294 e. The fraction of sp³-hybridized carbons (Fsp3) is 0.400. The van der Waals surface area contributed by atoms with Crippen LogP contribution in [0.3, 0.4) is 0 Å². The number of anilines is 2. The highest BCUT2D eigenvalue weighted by atomic mass is 19.1. The summed E-state index contributed by atoms with van der Waals surface area (Å²) in [6.45, 7) is 4.65. The van der Waals surface area contributed by atoms with Crippen LogP contribution in [0.15, 0.2) is 53.3 Å². The number of fused-ring (bicyclic) bond motifs is 1. The predicted molar refractivity (Wildman–Crippen MR) is 127 cm³/mol. The van der Waals surface area contributed by atoms with Crippen molar-refractivity contribution in [2.45, 2.75) is 25.8 Å². The quantitative estimate of drug-likeness (QED) is 0.600. The molecule has 172 valence electrons. The molecule has 0 atom stereocenters. The first-order chi connectivity index (χ1) is 16.1. The first-order valence-electron chi connectivity index (χ1n) is 11.6. The van der Waals surface area contributed by atoms with Gasteiger partial charge in [-0.1, -0.05) is 12.1 Å². The predicted octanol–water partition coefficient (Wildman–Crippen LogP) is 2.87. The molecule has 0 spiro atoms. The van der Waals surface area contributed by atoms with Crippen molar-refractivity contribution in [3.63, 3.8) is 0 Å². The van der Waals surface area contributed by atoms with Gasteiger partial charge in [0.15, 0.2) is 5.82 Å². The Kier molecular flexibility index (Phi) is 5.98. The molecule has 2 fully saturated rings. The van der Waals surface area contributed by atoms with Gasteiger partial charge in [-0.15, -0.1) is 0 Å². The van der Waals surface area contributed by atoms with E-state index in [4.69, 9.17) is 0 Å². The van der Waals surface area contributed by atoms with Crippen LogP contribution in [-0.2, 0) is 11.3 Å². The van der Waals surface area contributed by atoms with E-state index in [-0.39, 0.29) is 23.7 Å². The second-order valence-corrected chi connectivity index (χ2v) is 8.67. The maximum atomic E-state index is 13.3. The second kappa shape index (κ2) is 9.21. The molecule has 1 amide bonds. The number of hydrogen-bond donors (Lipinski definition) is 0. The number of carbonyl (C=O) groups excluding carboxylic acids is 1. The minimum atomic E-state index is -0.251. The van der Waals surface area contributed by atoms with E-state index in [1.165, 1.54) is 12.1 Å². The van der Waals surface area contributed by atoms with E-state index in [1.807, 2.05) is 29.2 Å². The van der Waals surface area contributed by atoms with Crippen molar-refractivity contribution in [1.29, 1.82) is 0 Å². The lowest BCUT2D eigenvalue weighted by Gasteiger charge is -2.36. The molecule has 1 aromatic heterocycles. The number of halogens is 1. The number of para-hydroxylation sites is 2. The lowest BCUT2D eigenvalue weighted by atomic mass is 10.2. The molecule has 0 unspecified atom stereocenters. The fourth-order valence-electron chi connectivity index (χ4n) is 4.77. The molecular weight excluding hydrogens is 421 g/mol. The molecule has 0 aliphatic carbocycles. The average Bonchev–Trinajstić information content (AvgIpc) is 3.38. The molecule has 2 aromatic carbocycles. The third-order valence-electron chi connectivity index (χ3n) is 6.61. The van der Waals surface area contributed by atoms with Crippen LogP contribution in [0.4, 0.5) is 15.9 Å². The van der Waals surface area contributed by atoms with Crippen LogP contribution >= 0.6 is 0 Å². The van der Waals surface area contributed by atoms with Crippen LogP contribution < -0.4 is 15.4 Å². The van der Waals surface area contributed by atoms with Crippen molar-refractivity contribution in [1.82, 2.24) is 14.5 Å². The van der Waals surface area contributed by atoms with Gasteiger partial charge in [0.05, 0.1) is 11.0 Å². The van der Waals surface area contributed by atoms with Crippen LogP contribution in [0.5, 0.6) is 0 Å². The van der Waals surface area contributed by atoms with Crippen molar-refractivity contribution in [3.05, 3.63) is 64.7 Å². The maximum absolute atomic E-state index is 13.3. The number of aryl methyl sites for hydroxylation is 1. The third kappa shape index (κ3) is 4.42. The van der Waals surface area contributed by atoms with Gasteiger partial charge >= 0.3 is 0 Å². The van der Waals surface area contributed by atoms with Crippen LogP contribution in [0.2, 0.25) is 0 Å². The van der Waals surface area contributed by atoms with E-state index in [9.17, 15) is 14.0 Å². The number of benzene rings is 2. The highest BCUT2D eigenvalue weighted by molar-refractivity contribution is 5.78. The molecule has 5 rings (SSSR count). The Morgan fingerprint density at radius 3 is 2.30 bits per heavy atom. The standard InChI is InChI=1S/C25H28FN5O2/c26-19-7-9-20(10-8-19)28-15-17-29(18-16-28)23(32)11-14-31-22-6-2-1-5-21(22)27-24(25(31)33)30-12-3-4-13-30/h1-2,5-10H,3-4,11-18H2. The molecule has 0 radical (unpaired) electrons. The molecule has 0 bridgehead atoms. The normalized spacial score (nSPS) is 16.6. The first-order valence-corrected chi connectivity index (χ1v) is 11.6. The Labute approximate surface area is 192 Å². The first kappa shape index (κ1) is 21.4. The van der Waals surface area contributed by atoms with E-state index >= 15 is 0 Å². The van der Waals surface area contributed by atoms with Crippen LogP contribution in [0, 0.1) is 5.82 Å². The van der Waals surface area contributed by atoms with E-state index in [0.29, 0.717) is 38.5 Å². The second-order valence-electron chi connectivity index (χ2n) is 8.67. The Balaban J connectivity index is 1.28. The van der Waals surface area contributed by atoms with Crippen molar-refractivity contribution in [2.24, 2.45) is 0 Å². The zero-order chi connectivity index (χ0) is 22.8. The summed E-state index contributed by atoms with van der Waals surface area (Å²) in [5.41, 5.74) is 2.39. The minimum absolute atomic E-state index is 0.0456. The largest absolute Gasteiger partial charge is 0.368 e. The summed E-state index contributed by atoms with van der Waals surface area (Å²) in [5, 5.41) is 0. The molecule has 3 heterocycles. The molecule has 0 saturated carbocycles. The Morgan fingerprint density at radius 1 is 0.879 bits per heavy atom. The number of aromatic nitrogens is 2. The van der Waals surface area contributed by atoms with Crippen molar-refractivity contribution >= 4 is 28.4 Å². The van der Waals surface area contributed by atoms with Gasteiger partial charge in [-0.05, 0) is 49.2 Å². The van der Waals surface area contributed by atoms with Gasteiger partial charge < -0.3 is 19.3 Å². The fourth-order valence-corrected chi connectivity index (χ4v) is 4.77. The molecule has 2 saturated heterocycles. The number of rotatable bonds is 5. The molecule has 33 heavy (non-hydrogen) atoms. The number of amides is 1. The van der Waals surface area contributed by atoms with Crippen LogP contribution in [0.1, 0.15) is 19.3 Å². The summed E-state index contributed by atoms with van der Waals surface area (Å²) in [7, 11) is 0. The number of nitrogens with zero attached hydrogens (tertiary/aromatic N) is 5. The summed E-state index contributed by atoms with van der Waals surface area (Å²) in [5.74, 6) is 0.287.